The van der Waals surface area contributed by atoms with E-state index in [1.807, 2.05) is 50.2 Å². The van der Waals surface area contributed by atoms with Crippen molar-refractivity contribution in [3.8, 4) is 0 Å². The molecular weight excluding hydrogens is 421 g/mol. The summed E-state index contributed by atoms with van der Waals surface area (Å²) in [6.07, 6.45) is -4.12. The Labute approximate surface area is 184 Å². The fourth-order valence-electron chi connectivity index (χ4n) is 3.61. The number of halogens is 3. The molecule has 7 nitrogen and oxygen atoms in total. The van der Waals surface area contributed by atoms with Crippen LogP contribution in [0.5, 0.6) is 0 Å². The molecule has 1 aromatic carbocycles. The standard InChI is InChI=1S/C22H27F3N6O/c1-13-6-8-16(9-7-13)18(30(4)5)12-26-19(32)11-10-17-14(2)27-21-28-20(22(23,24)25)29-31(21)15(17)3/h6-9,18H,10-12H2,1-5H3,(H,26,32). The number of hydrogen-bond donors (Lipinski definition) is 1. The van der Waals surface area contributed by atoms with Crippen molar-refractivity contribution in [2.24, 2.45) is 0 Å². The fourth-order valence-corrected chi connectivity index (χ4v) is 3.61. The first-order valence-electron chi connectivity index (χ1n) is 10.3. The summed E-state index contributed by atoms with van der Waals surface area (Å²) in [5.41, 5.74) is 3.99. The number of rotatable bonds is 7. The first-order chi connectivity index (χ1) is 15.0. The summed E-state index contributed by atoms with van der Waals surface area (Å²) in [6.45, 7) is 5.82. The van der Waals surface area contributed by atoms with Crippen LogP contribution in [-0.2, 0) is 17.4 Å². The third kappa shape index (κ3) is 5.24. The summed E-state index contributed by atoms with van der Waals surface area (Å²) < 4.78 is 39.9. The molecule has 32 heavy (non-hydrogen) atoms. The van der Waals surface area contributed by atoms with Crippen LogP contribution in [-0.4, -0.2) is 51.0 Å². The van der Waals surface area contributed by atoms with Crippen LogP contribution < -0.4 is 5.32 Å². The van der Waals surface area contributed by atoms with Gasteiger partial charge in [-0.2, -0.15) is 18.2 Å². The predicted molar refractivity (Wildman–Crippen MR) is 114 cm³/mol. The molecule has 3 rings (SSSR count). The van der Waals surface area contributed by atoms with Gasteiger partial charge in [0.05, 0.1) is 6.04 Å². The normalized spacial score (nSPS) is 13.0. The van der Waals surface area contributed by atoms with E-state index in [1.165, 1.54) is 5.56 Å². The van der Waals surface area contributed by atoms with E-state index in [2.05, 4.69) is 20.4 Å². The zero-order valence-electron chi connectivity index (χ0n) is 18.8. The minimum Gasteiger partial charge on any atom is -0.354 e. The van der Waals surface area contributed by atoms with Crippen molar-refractivity contribution in [1.82, 2.24) is 29.8 Å². The van der Waals surface area contributed by atoms with E-state index in [0.29, 0.717) is 29.9 Å². The predicted octanol–water partition coefficient (Wildman–Crippen LogP) is 3.42. The summed E-state index contributed by atoms with van der Waals surface area (Å²) in [5, 5.41) is 6.51. The van der Waals surface area contributed by atoms with E-state index in [-0.39, 0.29) is 24.1 Å². The van der Waals surface area contributed by atoms with Gasteiger partial charge >= 0.3 is 6.18 Å². The molecule has 0 bridgehead atoms. The Bertz CT molecular complexity index is 1110. The summed E-state index contributed by atoms with van der Waals surface area (Å²) in [7, 11) is 3.91. The molecule has 0 aliphatic rings. The van der Waals surface area contributed by atoms with E-state index in [9.17, 15) is 18.0 Å². The molecule has 0 fully saturated rings. The van der Waals surface area contributed by atoms with E-state index in [0.717, 1.165) is 10.1 Å². The first kappa shape index (κ1) is 23.6. The van der Waals surface area contributed by atoms with Crippen LogP contribution in [0.15, 0.2) is 24.3 Å². The van der Waals surface area contributed by atoms with Gasteiger partial charge in [0.15, 0.2) is 0 Å². The van der Waals surface area contributed by atoms with Gasteiger partial charge in [-0.05, 0) is 52.4 Å². The molecule has 1 N–H and O–H groups in total. The van der Waals surface area contributed by atoms with Gasteiger partial charge in [-0.15, -0.1) is 5.10 Å². The summed E-state index contributed by atoms with van der Waals surface area (Å²) >= 11 is 0. The van der Waals surface area contributed by atoms with Gasteiger partial charge in [-0.3, -0.25) is 4.79 Å². The van der Waals surface area contributed by atoms with E-state index in [4.69, 9.17) is 0 Å². The van der Waals surface area contributed by atoms with Gasteiger partial charge < -0.3 is 10.2 Å². The van der Waals surface area contributed by atoms with Gasteiger partial charge in [0, 0.05) is 24.4 Å². The minimum atomic E-state index is -4.64. The molecule has 10 heteroatoms. The van der Waals surface area contributed by atoms with Crippen molar-refractivity contribution in [2.45, 2.75) is 45.8 Å². The molecule has 0 aliphatic heterocycles. The number of benzene rings is 1. The Balaban J connectivity index is 1.68. The molecular formula is C22H27F3N6O. The number of aryl methyl sites for hydroxylation is 3. The number of alkyl halides is 3. The Hall–Kier alpha value is -3.01. The zero-order valence-corrected chi connectivity index (χ0v) is 18.8. The SMILES string of the molecule is Cc1ccc(C(CNC(=O)CCc2c(C)nc3nc(C(F)(F)F)nn3c2C)N(C)C)cc1. The Morgan fingerprint density at radius 1 is 1.12 bits per heavy atom. The summed E-state index contributed by atoms with van der Waals surface area (Å²) in [5.74, 6) is -1.47. The Morgan fingerprint density at radius 3 is 2.38 bits per heavy atom. The van der Waals surface area contributed by atoms with Crippen molar-refractivity contribution in [2.75, 3.05) is 20.6 Å². The van der Waals surface area contributed by atoms with Crippen molar-refractivity contribution in [1.29, 1.82) is 0 Å². The number of carbonyl (C=O) groups excluding carboxylic acids is 1. The third-order valence-electron chi connectivity index (χ3n) is 5.48. The van der Waals surface area contributed by atoms with E-state index < -0.39 is 12.0 Å². The molecule has 1 amide bonds. The fraction of sp³-hybridized carbons (Fsp3) is 0.455. The van der Waals surface area contributed by atoms with Crippen molar-refractivity contribution in [3.63, 3.8) is 0 Å². The minimum absolute atomic E-state index is 0.0250. The first-order valence-corrected chi connectivity index (χ1v) is 10.3. The maximum absolute atomic E-state index is 12.9. The van der Waals surface area contributed by atoms with Crippen LogP contribution in [0.2, 0.25) is 0 Å². The average molecular weight is 448 g/mol. The second-order valence-electron chi connectivity index (χ2n) is 8.10. The van der Waals surface area contributed by atoms with E-state index >= 15 is 0 Å². The van der Waals surface area contributed by atoms with E-state index in [1.54, 1.807) is 13.8 Å². The van der Waals surface area contributed by atoms with Crippen LogP contribution in [0.25, 0.3) is 5.78 Å². The number of aromatic nitrogens is 4. The van der Waals surface area contributed by atoms with Crippen LogP contribution >= 0.6 is 0 Å². The molecule has 2 aromatic heterocycles. The lowest BCUT2D eigenvalue weighted by molar-refractivity contribution is -0.144. The Kier molecular flexibility index (Phi) is 6.82. The molecule has 0 radical (unpaired) electrons. The van der Waals surface area contributed by atoms with Crippen molar-refractivity contribution < 1.29 is 18.0 Å². The maximum atomic E-state index is 12.9. The highest BCUT2D eigenvalue weighted by atomic mass is 19.4. The lowest BCUT2D eigenvalue weighted by Gasteiger charge is -2.25. The number of fused-ring (bicyclic) bond motifs is 1. The molecule has 2 heterocycles. The molecule has 3 aromatic rings. The van der Waals surface area contributed by atoms with Gasteiger partial charge in [0.1, 0.15) is 0 Å². The monoisotopic (exact) mass is 448 g/mol. The number of amides is 1. The highest BCUT2D eigenvalue weighted by molar-refractivity contribution is 5.76. The third-order valence-corrected chi connectivity index (χ3v) is 5.48. The lowest BCUT2D eigenvalue weighted by Crippen LogP contribution is -2.34. The van der Waals surface area contributed by atoms with Crippen molar-refractivity contribution >= 4 is 11.7 Å². The molecule has 0 spiro atoms. The van der Waals surface area contributed by atoms with Gasteiger partial charge in [0.2, 0.25) is 5.91 Å². The molecule has 0 aliphatic carbocycles. The van der Waals surface area contributed by atoms with Gasteiger partial charge in [0.25, 0.3) is 11.6 Å². The van der Waals surface area contributed by atoms with Gasteiger partial charge in [-0.25, -0.2) is 9.50 Å². The topological polar surface area (TPSA) is 75.4 Å². The van der Waals surface area contributed by atoms with Crippen LogP contribution in [0.3, 0.4) is 0 Å². The molecule has 0 saturated heterocycles. The molecule has 1 atom stereocenters. The average Bonchev–Trinajstić information content (AvgIpc) is 3.14. The zero-order chi connectivity index (χ0) is 23.6. The molecule has 1 unspecified atom stereocenters. The smallest absolute Gasteiger partial charge is 0.354 e. The lowest BCUT2D eigenvalue weighted by atomic mass is 10.0. The largest absolute Gasteiger partial charge is 0.453 e. The van der Waals surface area contributed by atoms with Crippen LogP contribution in [0.4, 0.5) is 13.2 Å². The summed E-state index contributed by atoms with van der Waals surface area (Å²) in [6, 6.07) is 8.20. The second kappa shape index (κ2) is 9.23. The van der Waals surface area contributed by atoms with Crippen molar-refractivity contribution in [3.05, 3.63) is 58.2 Å². The number of carbonyl (C=O) groups is 1. The molecule has 172 valence electrons. The Morgan fingerprint density at radius 2 is 1.78 bits per heavy atom. The number of hydrogen-bond acceptors (Lipinski definition) is 5. The van der Waals surface area contributed by atoms with Crippen LogP contribution in [0, 0.1) is 20.8 Å². The summed E-state index contributed by atoms with van der Waals surface area (Å²) in [4.78, 5) is 22.2. The highest BCUT2D eigenvalue weighted by Crippen LogP contribution is 2.27. The highest BCUT2D eigenvalue weighted by Gasteiger charge is 2.37. The number of nitrogens with one attached hydrogen (secondary N) is 1. The van der Waals surface area contributed by atoms with Crippen LogP contribution in [0.1, 0.15) is 46.4 Å². The van der Waals surface area contributed by atoms with Gasteiger partial charge in [-0.1, -0.05) is 29.8 Å². The quantitative estimate of drug-likeness (QED) is 0.600. The second-order valence-corrected chi connectivity index (χ2v) is 8.10. The maximum Gasteiger partial charge on any atom is 0.453 e. The number of nitrogens with zero attached hydrogens (tertiary/aromatic N) is 5. The molecule has 0 saturated carbocycles. The number of likely N-dealkylation sites (N-methyl/N-ethyl adjacent to an activating group) is 1.